The minimum Gasteiger partial charge on any atom is -0.349 e. The van der Waals surface area contributed by atoms with E-state index < -0.39 is 18.4 Å². The maximum atomic E-state index is 8.37. The summed E-state index contributed by atoms with van der Waals surface area (Å²) in [5, 5.41) is 6.95. The van der Waals surface area contributed by atoms with Gasteiger partial charge in [0.2, 0.25) is 0 Å². The highest BCUT2D eigenvalue weighted by atomic mass is 16.7. The van der Waals surface area contributed by atoms with Crippen LogP contribution in [0.2, 0.25) is 0 Å². The molecule has 1 aliphatic heterocycles. The summed E-state index contributed by atoms with van der Waals surface area (Å²) < 4.78 is 10.7. The van der Waals surface area contributed by atoms with E-state index in [4.69, 9.17) is 20.5 Å². The molecule has 8 heteroatoms. The van der Waals surface area contributed by atoms with Crippen LogP contribution in [-0.2, 0) is 9.47 Å². The summed E-state index contributed by atoms with van der Waals surface area (Å²) >= 11 is 0. The molecule has 0 saturated heterocycles. The third-order valence-electron chi connectivity index (χ3n) is 2.00. The molecule has 0 radical (unpaired) electrons. The highest BCUT2D eigenvalue weighted by Gasteiger charge is 2.25. The predicted molar refractivity (Wildman–Crippen MR) is 56.4 cm³/mol. The van der Waals surface area contributed by atoms with E-state index in [2.05, 4.69) is 20.1 Å². The van der Waals surface area contributed by atoms with Crippen molar-refractivity contribution < 1.29 is 9.47 Å². The molecular formula is C8H12N6O2. The van der Waals surface area contributed by atoms with Crippen LogP contribution < -0.4 is 0 Å². The fourth-order valence-corrected chi connectivity index (χ4v) is 1.33. The number of hydrogen-bond acceptors (Lipinski definition) is 4. The van der Waals surface area contributed by atoms with Crippen LogP contribution in [0.15, 0.2) is 22.4 Å². The highest BCUT2D eigenvalue weighted by Crippen LogP contribution is 2.17. The molecule has 0 spiro atoms. The first-order chi connectivity index (χ1) is 7.81. The summed E-state index contributed by atoms with van der Waals surface area (Å²) in [6.07, 6.45) is 2.42. The van der Waals surface area contributed by atoms with Crippen molar-refractivity contribution in [3.63, 3.8) is 0 Å². The smallest absolute Gasteiger partial charge is 0.177 e. The second-order valence-corrected chi connectivity index (χ2v) is 2.99. The van der Waals surface area contributed by atoms with E-state index in [1.807, 2.05) is 6.92 Å². The molecular weight excluding hydrogens is 212 g/mol. The summed E-state index contributed by atoms with van der Waals surface area (Å²) in [4.78, 5) is 5.35. The number of azide groups is 2. The first kappa shape index (κ1) is 12.4. The van der Waals surface area contributed by atoms with Crippen LogP contribution in [-0.4, -0.2) is 31.6 Å². The third-order valence-corrected chi connectivity index (χ3v) is 2.00. The lowest BCUT2D eigenvalue weighted by Crippen LogP contribution is -2.37. The Hall–Kier alpha value is -1.72. The zero-order chi connectivity index (χ0) is 11.8. The van der Waals surface area contributed by atoms with E-state index in [1.165, 1.54) is 0 Å². The van der Waals surface area contributed by atoms with Gasteiger partial charge in [0.25, 0.3) is 0 Å². The van der Waals surface area contributed by atoms with Crippen LogP contribution in [0.25, 0.3) is 20.9 Å². The molecule has 3 atom stereocenters. The third kappa shape index (κ3) is 3.45. The minimum atomic E-state index is -0.478. The monoisotopic (exact) mass is 224 g/mol. The quantitative estimate of drug-likeness (QED) is 0.308. The van der Waals surface area contributed by atoms with Crippen LogP contribution in [0.1, 0.15) is 6.92 Å². The van der Waals surface area contributed by atoms with Gasteiger partial charge >= 0.3 is 0 Å². The topological polar surface area (TPSA) is 116 Å². The van der Waals surface area contributed by atoms with Gasteiger partial charge in [-0.15, -0.1) is 0 Å². The van der Waals surface area contributed by atoms with Gasteiger partial charge < -0.3 is 9.47 Å². The fraction of sp³-hybridized carbons (Fsp3) is 0.750. The van der Waals surface area contributed by atoms with E-state index in [0.717, 1.165) is 0 Å². The molecule has 0 aliphatic carbocycles. The van der Waals surface area contributed by atoms with Crippen molar-refractivity contribution in [1.82, 2.24) is 0 Å². The first-order valence-corrected chi connectivity index (χ1v) is 4.82. The molecule has 0 amide bonds. The SMILES string of the molecule is CCO[C@@H]1C=C[C@@H](N=[N+]=[N-])[C@@H](CN=[N+]=[N-])O1. The molecule has 0 fully saturated rings. The molecule has 1 rings (SSSR count). The highest BCUT2D eigenvalue weighted by molar-refractivity contribution is 5.04. The Morgan fingerprint density at radius 2 is 2.19 bits per heavy atom. The molecule has 0 aromatic rings. The van der Waals surface area contributed by atoms with E-state index in [1.54, 1.807) is 12.2 Å². The van der Waals surface area contributed by atoms with Gasteiger partial charge in [-0.3, -0.25) is 0 Å². The van der Waals surface area contributed by atoms with Crippen molar-refractivity contribution in [3.8, 4) is 0 Å². The van der Waals surface area contributed by atoms with Crippen molar-refractivity contribution in [2.75, 3.05) is 13.2 Å². The standard InChI is InChI=1S/C8H12N6O2/c1-2-15-8-4-3-6(12-14-10)7(16-8)5-11-13-9/h3-4,6-8H,2,5H2,1H3/t6-,7-,8+/m1/s1. The van der Waals surface area contributed by atoms with Gasteiger partial charge in [-0.05, 0) is 24.1 Å². The molecule has 0 aromatic heterocycles. The molecule has 0 saturated carbocycles. The lowest BCUT2D eigenvalue weighted by Gasteiger charge is -2.28. The van der Waals surface area contributed by atoms with E-state index in [0.29, 0.717) is 6.61 Å². The summed E-state index contributed by atoms with van der Waals surface area (Å²) in [6, 6.07) is -0.466. The van der Waals surface area contributed by atoms with Crippen LogP contribution in [0, 0.1) is 0 Å². The Bertz CT molecular complexity index is 344. The maximum absolute atomic E-state index is 8.37. The van der Waals surface area contributed by atoms with Gasteiger partial charge in [0.1, 0.15) is 0 Å². The molecule has 1 aliphatic rings. The van der Waals surface area contributed by atoms with Gasteiger partial charge in [-0.25, -0.2) is 0 Å². The van der Waals surface area contributed by atoms with Crippen LogP contribution >= 0.6 is 0 Å². The van der Waals surface area contributed by atoms with Gasteiger partial charge in [0.15, 0.2) is 6.29 Å². The van der Waals surface area contributed by atoms with Gasteiger partial charge in [0.05, 0.1) is 18.7 Å². The molecule has 0 N–H and O–H groups in total. The van der Waals surface area contributed by atoms with Crippen LogP contribution in [0.4, 0.5) is 0 Å². The number of ether oxygens (including phenoxy) is 2. The summed E-state index contributed by atoms with van der Waals surface area (Å²) in [5.41, 5.74) is 16.6. The van der Waals surface area contributed by atoms with Crippen LogP contribution in [0.3, 0.4) is 0 Å². The van der Waals surface area contributed by atoms with Crippen molar-refractivity contribution in [2.45, 2.75) is 25.4 Å². The van der Waals surface area contributed by atoms with Crippen molar-refractivity contribution >= 4 is 0 Å². The average Bonchev–Trinajstić information content (AvgIpc) is 2.30. The van der Waals surface area contributed by atoms with Gasteiger partial charge in [-0.2, -0.15) is 0 Å². The second kappa shape index (κ2) is 6.71. The Kier molecular flexibility index (Phi) is 5.18. The van der Waals surface area contributed by atoms with Gasteiger partial charge in [-0.1, -0.05) is 16.3 Å². The number of rotatable bonds is 5. The normalized spacial score (nSPS) is 27.9. The maximum Gasteiger partial charge on any atom is 0.177 e. The molecule has 8 nitrogen and oxygen atoms in total. The molecule has 0 unspecified atom stereocenters. The molecule has 0 bridgehead atoms. The summed E-state index contributed by atoms with van der Waals surface area (Å²) in [5.74, 6) is 0. The first-order valence-electron chi connectivity index (χ1n) is 4.82. The predicted octanol–water partition coefficient (Wildman–Crippen LogP) is 2.29. The number of hydrogen-bond donors (Lipinski definition) is 0. The van der Waals surface area contributed by atoms with E-state index in [9.17, 15) is 0 Å². The Morgan fingerprint density at radius 3 is 2.81 bits per heavy atom. The van der Waals surface area contributed by atoms with Crippen molar-refractivity contribution in [1.29, 1.82) is 0 Å². The van der Waals surface area contributed by atoms with Crippen molar-refractivity contribution in [3.05, 3.63) is 33.0 Å². The summed E-state index contributed by atoms with van der Waals surface area (Å²) in [6.45, 7) is 2.46. The summed E-state index contributed by atoms with van der Waals surface area (Å²) in [7, 11) is 0. The second-order valence-electron chi connectivity index (χ2n) is 2.99. The Labute approximate surface area is 92.1 Å². The number of nitrogens with zero attached hydrogens (tertiary/aromatic N) is 6. The Morgan fingerprint density at radius 1 is 1.38 bits per heavy atom. The zero-order valence-electron chi connectivity index (χ0n) is 8.80. The lowest BCUT2D eigenvalue weighted by molar-refractivity contribution is -0.145. The zero-order valence-corrected chi connectivity index (χ0v) is 8.80. The fourth-order valence-electron chi connectivity index (χ4n) is 1.33. The molecule has 0 aromatic carbocycles. The molecule has 16 heavy (non-hydrogen) atoms. The Balaban J connectivity index is 2.71. The van der Waals surface area contributed by atoms with Crippen molar-refractivity contribution in [2.24, 2.45) is 10.2 Å². The van der Waals surface area contributed by atoms with Gasteiger partial charge in [0, 0.05) is 16.4 Å². The van der Waals surface area contributed by atoms with Crippen LogP contribution in [0.5, 0.6) is 0 Å². The van der Waals surface area contributed by atoms with E-state index >= 15 is 0 Å². The van der Waals surface area contributed by atoms with E-state index in [-0.39, 0.29) is 6.54 Å². The largest absolute Gasteiger partial charge is 0.349 e. The lowest BCUT2D eigenvalue weighted by atomic mass is 10.1. The average molecular weight is 224 g/mol. The molecule has 86 valence electrons. The minimum absolute atomic E-state index is 0.105. The molecule has 1 heterocycles.